The van der Waals surface area contributed by atoms with Crippen LogP contribution in [0.4, 0.5) is 10.5 Å². The third-order valence-electron chi connectivity index (χ3n) is 4.39. The first kappa shape index (κ1) is 21.6. The Bertz CT molecular complexity index is 957. The fourth-order valence-electron chi connectivity index (χ4n) is 2.88. The summed E-state index contributed by atoms with van der Waals surface area (Å²) in [5, 5.41) is 5.32. The highest BCUT2D eigenvalue weighted by atomic mass is 35.5. The molecule has 2 aromatic rings. The maximum Gasteiger partial charge on any atom is 0.319 e. The Morgan fingerprint density at radius 2 is 1.72 bits per heavy atom. The Kier molecular flexibility index (Phi) is 7.12. The summed E-state index contributed by atoms with van der Waals surface area (Å²) in [7, 11) is -3.58. The van der Waals surface area contributed by atoms with Crippen LogP contribution in [0.5, 0.6) is 0 Å². The third kappa shape index (κ3) is 5.69. The van der Waals surface area contributed by atoms with Gasteiger partial charge in [-0.25, -0.2) is 13.2 Å². The molecule has 8 nitrogen and oxygen atoms in total. The zero-order valence-electron chi connectivity index (χ0n) is 15.5. The highest BCUT2D eigenvalue weighted by Gasteiger charge is 2.30. The Morgan fingerprint density at radius 1 is 1.03 bits per heavy atom. The molecular formula is C18H21ClN4O4S2. The largest absolute Gasteiger partial charge is 0.340 e. The number of nitrogens with one attached hydrogen (secondary N) is 2. The van der Waals surface area contributed by atoms with E-state index in [4.69, 9.17) is 11.6 Å². The normalized spacial score (nSPS) is 15.1. The summed E-state index contributed by atoms with van der Waals surface area (Å²) in [6.45, 7) is 1.28. The maximum absolute atomic E-state index is 12.6. The molecular weight excluding hydrogens is 436 g/mol. The highest BCUT2D eigenvalue weighted by molar-refractivity contribution is 7.91. The molecule has 29 heavy (non-hydrogen) atoms. The van der Waals surface area contributed by atoms with E-state index in [0.717, 1.165) is 11.3 Å². The Labute approximate surface area is 178 Å². The van der Waals surface area contributed by atoms with E-state index >= 15 is 0 Å². The van der Waals surface area contributed by atoms with Crippen molar-refractivity contribution >= 4 is 50.6 Å². The van der Waals surface area contributed by atoms with Crippen molar-refractivity contribution in [3.63, 3.8) is 0 Å². The predicted octanol–water partition coefficient (Wildman–Crippen LogP) is 2.45. The number of para-hydroxylation sites is 1. The van der Waals surface area contributed by atoms with Gasteiger partial charge in [-0.3, -0.25) is 4.79 Å². The lowest BCUT2D eigenvalue weighted by molar-refractivity contribution is -0.132. The molecule has 0 radical (unpaired) electrons. The van der Waals surface area contributed by atoms with E-state index in [1.54, 1.807) is 23.1 Å². The van der Waals surface area contributed by atoms with Crippen LogP contribution in [0.3, 0.4) is 0 Å². The van der Waals surface area contributed by atoms with E-state index in [9.17, 15) is 18.0 Å². The van der Waals surface area contributed by atoms with E-state index in [2.05, 4.69) is 10.6 Å². The van der Waals surface area contributed by atoms with Crippen LogP contribution < -0.4 is 10.6 Å². The van der Waals surface area contributed by atoms with Crippen molar-refractivity contribution in [2.75, 3.05) is 38.0 Å². The lowest BCUT2D eigenvalue weighted by Gasteiger charge is -2.33. The molecule has 2 N–H and O–H groups in total. The predicted molar refractivity (Wildman–Crippen MR) is 113 cm³/mol. The molecule has 0 saturated carbocycles. The summed E-state index contributed by atoms with van der Waals surface area (Å²) in [5.41, 5.74) is 0.667. The topological polar surface area (TPSA) is 98.8 Å². The SMILES string of the molecule is O=C(NCCC(=O)N1CCN(S(=O)(=O)c2ccc(Cl)s2)CC1)Nc1ccccc1. The van der Waals surface area contributed by atoms with Crippen LogP contribution in [0.2, 0.25) is 4.34 Å². The zero-order chi connectivity index (χ0) is 20.9. The van der Waals surface area contributed by atoms with Crippen LogP contribution in [-0.4, -0.2) is 62.3 Å². The molecule has 0 bridgehead atoms. The number of carbonyl (C=O) groups is 2. The fraction of sp³-hybridized carbons (Fsp3) is 0.333. The number of amides is 3. The molecule has 3 rings (SSSR count). The molecule has 0 aliphatic carbocycles. The van der Waals surface area contributed by atoms with Crippen LogP contribution in [0.1, 0.15) is 6.42 Å². The number of carbonyl (C=O) groups excluding carboxylic acids is 2. The lowest BCUT2D eigenvalue weighted by Crippen LogP contribution is -2.50. The molecule has 156 valence electrons. The molecule has 0 spiro atoms. The number of halogens is 1. The average Bonchev–Trinajstić information content (AvgIpc) is 3.16. The number of sulfonamides is 1. The van der Waals surface area contributed by atoms with Gasteiger partial charge in [-0.05, 0) is 24.3 Å². The third-order valence-corrected chi connectivity index (χ3v) is 7.99. The number of piperazine rings is 1. The van der Waals surface area contributed by atoms with E-state index in [0.29, 0.717) is 23.1 Å². The van der Waals surface area contributed by atoms with E-state index in [1.807, 2.05) is 18.2 Å². The van der Waals surface area contributed by atoms with Gasteiger partial charge in [0, 0.05) is 44.8 Å². The van der Waals surface area contributed by atoms with E-state index in [-0.39, 0.29) is 42.2 Å². The van der Waals surface area contributed by atoms with Gasteiger partial charge in [0.2, 0.25) is 5.91 Å². The molecule has 1 aromatic heterocycles. The second-order valence-electron chi connectivity index (χ2n) is 6.34. The summed E-state index contributed by atoms with van der Waals surface area (Å²) in [5.74, 6) is -0.124. The zero-order valence-corrected chi connectivity index (χ0v) is 17.9. The Balaban J connectivity index is 1.41. The fourth-order valence-corrected chi connectivity index (χ4v) is 5.94. The number of anilines is 1. The summed E-state index contributed by atoms with van der Waals surface area (Å²) in [6.07, 6.45) is 0.148. The molecule has 3 amide bonds. The molecule has 1 aliphatic rings. The second kappa shape index (κ2) is 9.57. The Hall–Kier alpha value is -2.14. The maximum atomic E-state index is 12.6. The van der Waals surface area contributed by atoms with Crippen LogP contribution in [0.25, 0.3) is 0 Å². The minimum absolute atomic E-state index is 0.124. The standard InChI is InChI=1S/C18H21ClN4O4S2/c19-15-6-7-17(28-15)29(26,27)23-12-10-22(11-13-23)16(24)8-9-20-18(25)21-14-4-2-1-3-5-14/h1-7H,8-13H2,(H2,20,21,25). The molecule has 0 atom stereocenters. The number of thiophene rings is 1. The number of rotatable bonds is 6. The molecule has 0 unspecified atom stereocenters. The number of hydrogen-bond acceptors (Lipinski definition) is 5. The van der Waals surface area contributed by atoms with Crippen molar-refractivity contribution in [1.82, 2.24) is 14.5 Å². The second-order valence-corrected chi connectivity index (χ2v) is 10.2. The first-order valence-corrected chi connectivity index (χ1v) is 11.6. The first-order chi connectivity index (χ1) is 13.9. The van der Waals surface area contributed by atoms with Gasteiger partial charge in [-0.1, -0.05) is 29.8 Å². The van der Waals surface area contributed by atoms with Gasteiger partial charge in [0.1, 0.15) is 4.21 Å². The van der Waals surface area contributed by atoms with Crippen molar-refractivity contribution < 1.29 is 18.0 Å². The molecule has 1 fully saturated rings. The van der Waals surface area contributed by atoms with Crippen LogP contribution in [-0.2, 0) is 14.8 Å². The summed E-state index contributed by atoms with van der Waals surface area (Å²) < 4.78 is 27.2. The first-order valence-electron chi connectivity index (χ1n) is 8.99. The van der Waals surface area contributed by atoms with Crippen molar-refractivity contribution in [2.24, 2.45) is 0 Å². The van der Waals surface area contributed by atoms with Crippen LogP contribution in [0.15, 0.2) is 46.7 Å². The van der Waals surface area contributed by atoms with Crippen LogP contribution >= 0.6 is 22.9 Å². The van der Waals surface area contributed by atoms with E-state index < -0.39 is 10.0 Å². The quantitative estimate of drug-likeness (QED) is 0.697. The Morgan fingerprint density at radius 3 is 2.34 bits per heavy atom. The van der Waals surface area contributed by atoms with Crippen molar-refractivity contribution in [3.05, 3.63) is 46.8 Å². The number of benzene rings is 1. The molecule has 1 aromatic carbocycles. The monoisotopic (exact) mass is 456 g/mol. The van der Waals surface area contributed by atoms with Gasteiger partial charge in [-0.2, -0.15) is 4.31 Å². The van der Waals surface area contributed by atoms with Gasteiger partial charge in [0.15, 0.2) is 0 Å². The molecule has 1 aliphatic heterocycles. The van der Waals surface area contributed by atoms with Crippen molar-refractivity contribution in [3.8, 4) is 0 Å². The van der Waals surface area contributed by atoms with Gasteiger partial charge < -0.3 is 15.5 Å². The average molecular weight is 457 g/mol. The summed E-state index contributed by atoms with van der Waals surface area (Å²) in [4.78, 5) is 25.8. The van der Waals surface area contributed by atoms with Gasteiger partial charge in [-0.15, -0.1) is 11.3 Å². The number of hydrogen-bond donors (Lipinski definition) is 2. The smallest absolute Gasteiger partial charge is 0.319 e. The van der Waals surface area contributed by atoms with Crippen molar-refractivity contribution in [1.29, 1.82) is 0 Å². The van der Waals surface area contributed by atoms with Gasteiger partial charge in [0.05, 0.1) is 4.34 Å². The molecule has 11 heteroatoms. The van der Waals surface area contributed by atoms with Gasteiger partial charge >= 0.3 is 6.03 Å². The minimum Gasteiger partial charge on any atom is -0.340 e. The van der Waals surface area contributed by atoms with E-state index in [1.165, 1.54) is 10.4 Å². The molecule has 2 heterocycles. The van der Waals surface area contributed by atoms with Crippen LogP contribution in [0, 0.1) is 0 Å². The van der Waals surface area contributed by atoms with Gasteiger partial charge in [0.25, 0.3) is 10.0 Å². The summed E-state index contributed by atoms with van der Waals surface area (Å²) in [6, 6.07) is 11.7. The minimum atomic E-state index is -3.58. The summed E-state index contributed by atoms with van der Waals surface area (Å²) >= 11 is 6.85. The lowest BCUT2D eigenvalue weighted by atomic mass is 10.3. The number of nitrogens with zero attached hydrogens (tertiary/aromatic N) is 2. The number of urea groups is 1. The molecule has 1 saturated heterocycles. The highest BCUT2D eigenvalue weighted by Crippen LogP contribution is 2.28. The van der Waals surface area contributed by atoms with Crippen molar-refractivity contribution in [2.45, 2.75) is 10.6 Å².